The van der Waals surface area contributed by atoms with Crippen LogP contribution in [0.4, 0.5) is 0 Å². The summed E-state index contributed by atoms with van der Waals surface area (Å²) in [4.78, 5) is 39.2. The lowest BCUT2D eigenvalue weighted by Gasteiger charge is -2.24. The molecule has 0 saturated carbocycles. The van der Waals surface area contributed by atoms with Crippen molar-refractivity contribution in [3.05, 3.63) is 0 Å². The summed E-state index contributed by atoms with van der Waals surface area (Å²) in [7, 11) is 0. The number of rotatable bonds is 42. The number of esters is 2. The third-order valence-corrected chi connectivity index (χ3v) is 10.7. The predicted octanol–water partition coefficient (Wildman–Crippen LogP) is 13.9. The summed E-state index contributed by atoms with van der Waals surface area (Å²) in [6, 6.07) is 0. The van der Waals surface area contributed by atoms with Crippen LogP contribution in [-0.4, -0.2) is 41.6 Å². The highest BCUT2D eigenvalue weighted by molar-refractivity contribution is 6.09. The lowest BCUT2D eigenvalue weighted by atomic mass is 9.90. The summed E-state index contributed by atoms with van der Waals surface area (Å²) in [6.45, 7) is 7.13. The summed E-state index contributed by atoms with van der Waals surface area (Å²) < 4.78 is 10.8. The molecule has 0 aliphatic heterocycles. The van der Waals surface area contributed by atoms with Crippen LogP contribution in [0.1, 0.15) is 258 Å². The molecule has 0 spiro atoms. The average Bonchev–Trinajstić information content (AvgIpc) is 3.14. The van der Waals surface area contributed by atoms with Crippen LogP contribution in [0.2, 0.25) is 0 Å². The van der Waals surface area contributed by atoms with E-state index >= 15 is 0 Å². The molecule has 6 nitrogen and oxygen atoms in total. The zero-order valence-corrected chi connectivity index (χ0v) is 35.1. The second-order valence-corrected chi connectivity index (χ2v) is 15.9. The van der Waals surface area contributed by atoms with Crippen LogP contribution >= 0.6 is 0 Å². The molecule has 0 saturated heterocycles. The van der Waals surface area contributed by atoms with E-state index in [-0.39, 0.29) is 19.6 Å². The van der Waals surface area contributed by atoms with Gasteiger partial charge in [0.05, 0.1) is 19.6 Å². The Morgan fingerprint density at radius 3 is 0.981 bits per heavy atom. The zero-order chi connectivity index (χ0) is 38.2. The van der Waals surface area contributed by atoms with Gasteiger partial charge in [0.25, 0.3) is 0 Å². The maximum Gasteiger partial charge on any atom is 0.346 e. The molecule has 0 aromatic heterocycles. The van der Waals surface area contributed by atoms with Crippen LogP contribution in [0.3, 0.4) is 0 Å². The van der Waals surface area contributed by atoms with Gasteiger partial charge in [-0.15, -0.1) is 0 Å². The van der Waals surface area contributed by atoms with Crippen molar-refractivity contribution >= 4 is 17.7 Å². The number of unbranched alkanes of at least 4 members (excludes halogenated alkanes) is 32. The van der Waals surface area contributed by atoms with Gasteiger partial charge in [-0.2, -0.15) is 0 Å². The molecule has 0 aliphatic carbocycles. The molecule has 52 heavy (non-hydrogen) atoms. The van der Waals surface area contributed by atoms with Gasteiger partial charge >= 0.3 is 11.9 Å². The lowest BCUT2D eigenvalue weighted by molar-refractivity contribution is -0.177. The van der Waals surface area contributed by atoms with Gasteiger partial charge in [-0.05, 0) is 19.3 Å². The van der Waals surface area contributed by atoms with E-state index < -0.39 is 29.7 Å². The number of hydrogen-bond acceptors (Lipinski definition) is 6. The molecular weight excluding hydrogens is 648 g/mol. The Hall–Kier alpha value is -1.43. The van der Waals surface area contributed by atoms with E-state index in [1.807, 2.05) is 0 Å². The molecule has 0 fully saturated rings. The van der Waals surface area contributed by atoms with Gasteiger partial charge in [0.1, 0.15) is 0 Å². The van der Waals surface area contributed by atoms with E-state index in [9.17, 15) is 19.5 Å². The van der Waals surface area contributed by atoms with Gasteiger partial charge in [0, 0.05) is 6.42 Å². The van der Waals surface area contributed by atoms with Crippen LogP contribution in [-0.2, 0) is 23.9 Å². The standard InChI is InChI=1S/C46H88O6/c1-4-7-10-13-16-19-22-25-28-31-34-37-40-51-44(48)42-46(50,43(47)39-36-33-30-27-24-21-18-15-12-9-6-3)45(49)52-41-38-35-32-29-26-23-20-17-14-11-8-5-2/h50H,4-42H2,1-3H3. The van der Waals surface area contributed by atoms with Crippen LogP contribution in [0.5, 0.6) is 0 Å². The minimum Gasteiger partial charge on any atom is -0.466 e. The molecule has 0 bridgehead atoms. The summed E-state index contributed by atoms with van der Waals surface area (Å²) in [5.41, 5.74) is -2.47. The van der Waals surface area contributed by atoms with Crippen molar-refractivity contribution in [3.63, 3.8) is 0 Å². The lowest BCUT2D eigenvalue weighted by Crippen LogP contribution is -2.49. The molecule has 1 atom stereocenters. The molecule has 0 aliphatic rings. The van der Waals surface area contributed by atoms with E-state index in [1.165, 1.54) is 161 Å². The third kappa shape index (κ3) is 32.0. The first-order valence-electron chi connectivity index (χ1n) is 23.0. The van der Waals surface area contributed by atoms with E-state index in [2.05, 4.69) is 20.8 Å². The molecule has 1 N–H and O–H groups in total. The quantitative estimate of drug-likeness (QED) is 0.0381. The van der Waals surface area contributed by atoms with E-state index in [4.69, 9.17) is 9.47 Å². The van der Waals surface area contributed by atoms with Crippen molar-refractivity contribution in [1.82, 2.24) is 0 Å². The highest BCUT2D eigenvalue weighted by Gasteiger charge is 2.47. The second-order valence-electron chi connectivity index (χ2n) is 15.9. The van der Waals surface area contributed by atoms with Crippen molar-refractivity contribution in [2.75, 3.05) is 13.2 Å². The van der Waals surface area contributed by atoms with Crippen LogP contribution < -0.4 is 0 Å². The first-order valence-corrected chi connectivity index (χ1v) is 23.0. The van der Waals surface area contributed by atoms with Gasteiger partial charge in [0.15, 0.2) is 5.78 Å². The van der Waals surface area contributed by atoms with E-state index in [0.717, 1.165) is 51.4 Å². The maximum absolute atomic E-state index is 13.3. The number of ether oxygens (including phenoxy) is 2. The first-order chi connectivity index (χ1) is 25.4. The average molecular weight is 737 g/mol. The number of carbonyl (C=O) groups is 3. The Kier molecular flexibility index (Phi) is 38.2. The fraction of sp³-hybridized carbons (Fsp3) is 0.935. The Morgan fingerprint density at radius 2 is 0.654 bits per heavy atom. The molecule has 0 amide bonds. The second kappa shape index (κ2) is 39.3. The van der Waals surface area contributed by atoms with Crippen LogP contribution in [0, 0.1) is 0 Å². The van der Waals surface area contributed by atoms with Crippen molar-refractivity contribution in [2.24, 2.45) is 0 Å². The number of ketones is 1. The van der Waals surface area contributed by atoms with E-state index in [0.29, 0.717) is 12.8 Å². The van der Waals surface area contributed by atoms with Crippen LogP contribution in [0.15, 0.2) is 0 Å². The molecular formula is C46H88O6. The molecule has 0 heterocycles. The SMILES string of the molecule is CCCCCCCCCCCCCCOC(=O)CC(O)(C(=O)CCCCCCCCCCCCC)C(=O)OCCCCCCCCCCCCCC. The predicted molar refractivity (Wildman–Crippen MR) is 220 cm³/mol. The fourth-order valence-corrected chi connectivity index (χ4v) is 7.06. The maximum atomic E-state index is 13.3. The first kappa shape index (κ1) is 50.6. The fourth-order valence-electron chi connectivity index (χ4n) is 7.06. The minimum absolute atomic E-state index is 0.0627. The Morgan fingerprint density at radius 1 is 0.385 bits per heavy atom. The van der Waals surface area contributed by atoms with Crippen molar-refractivity contribution in [3.8, 4) is 0 Å². The van der Waals surface area contributed by atoms with Crippen molar-refractivity contribution in [1.29, 1.82) is 0 Å². The molecule has 0 aromatic carbocycles. The number of carbonyl (C=O) groups excluding carboxylic acids is 3. The van der Waals surface area contributed by atoms with Gasteiger partial charge in [0.2, 0.25) is 5.60 Å². The number of aliphatic hydroxyl groups is 1. The molecule has 0 radical (unpaired) electrons. The van der Waals surface area contributed by atoms with Gasteiger partial charge in [-0.3, -0.25) is 9.59 Å². The van der Waals surface area contributed by atoms with Crippen molar-refractivity contribution in [2.45, 2.75) is 264 Å². The monoisotopic (exact) mass is 737 g/mol. The summed E-state index contributed by atoms with van der Waals surface area (Å²) in [5, 5.41) is 11.4. The normalized spacial score (nSPS) is 12.5. The Labute approximate surface area is 323 Å². The largest absolute Gasteiger partial charge is 0.466 e. The third-order valence-electron chi connectivity index (χ3n) is 10.7. The number of hydrogen-bond donors (Lipinski definition) is 1. The van der Waals surface area contributed by atoms with E-state index in [1.54, 1.807) is 0 Å². The van der Waals surface area contributed by atoms with Gasteiger partial charge in [-0.1, -0.05) is 226 Å². The summed E-state index contributed by atoms with van der Waals surface area (Å²) in [6.07, 6.45) is 41.0. The Bertz CT molecular complexity index is 798. The highest BCUT2D eigenvalue weighted by Crippen LogP contribution is 2.22. The summed E-state index contributed by atoms with van der Waals surface area (Å²) >= 11 is 0. The van der Waals surface area contributed by atoms with Crippen molar-refractivity contribution < 1.29 is 29.0 Å². The smallest absolute Gasteiger partial charge is 0.346 e. The van der Waals surface area contributed by atoms with Gasteiger partial charge < -0.3 is 14.6 Å². The van der Waals surface area contributed by atoms with Gasteiger partial charge in [-0.25, -0.2) is 4.79 Å². The topological polar surface area (TPSA) is 89.9 Å². The molecule has 0 aromatic rings. The molecule has 308 valence electrons. The molecule has 0 rings (SSSR count). The molecule has 1 unspecified atom stereocenters. The van der Waals surface area contributed by atoms with Crippen LogP contribution in [0.25, 0.3) is 0 Å². The molecule has 6 heteroatoms. The Balaban J connectivity index is 4.51. The zero-order valence-electron chi connectivity index (χ0n) is 35.1. The highest BCUT2D eigenvalue weighted by atomic mass is 16.6. The number of Topliss-reactive ketones (excluding diaryl/α,β-unsaturated/α-hetero) is 1. The minimum atomic E-state index is -2.47. The summed E-state index contributed by atoms with van der Waals surface area (Å²) in [5.74, 6) is -2.32.